The average molecular weight is 164 g/mol. The zero-order chi connectivity index (χ0) is 8.97. The second-order valence-corrected chi connectivity index (χ2v) is 3.58. The lowest BCUT2D eigenvalue weighted by atomic mass is 9.84. The Bertz CT molecular complexity index is 223. The standard InChI is InChI=1S/C11H16O/c1-9-4-3-5-11(8-9)10(2)6-7-12/h4,6-7,11H,3,5,8H2,1-2H3. The van der Waals surface area contributed by atoms with E-state index in [2.05, 4.69) is 19.9 Å². The molecule has 0 spiro atoms. The maximum Gasteiger partial charge on any atom is 0.142 e. The van der Waals surface area contributed by atoms with E-state index in [9.17, 15) is 4.79 Å². The summed E-state index contributed by atoms with van der Waals surface area (Å²) in [6, 6.07) is 0. The van der Waals surface area contributed by atoms with Crippen molar-refractivity contribution in [2.45, 2.75) is 33.1 Å². The maximum absolute atomic E-state index is 10.2. The van der Waals surface area contributed by atoms with Crippen molar-refractivity contribution in [1.29, 1.82) is 0 Å². The van der Waals surface area contributed by atoms with Gasteiger partial charge in [0.1, 0.15) is 6.29 Å². The summed E-state index contributed by atoms with van der Waals surface area (Å²) in [5.41, 5.74) is 2.70. The van der Waals surface area contributed by atoms with Crippen molar-refractivity contribution in [3.05, 3.63) is 23.3 Å². The first-order valence-electron chi connectivity index (χ1n) is 4.51. The Morgan fingerprint density at radius 1 is 1.67 bits per heavy atom. The van der Waals surface area contributed by atoms with E-state index in [0.717, 1.165) is 12.7 Å². The normalized spacial score (nSPS) is 25.0. The number of carbonyl (C=O) groups is 1. The van der Waals surface area contributed by atoms with Crippen LogP contribution in [0.1, 0.15) is 33.1 Å². The molecule has 0 fully saturated rings. The molecule has 0 aromatic rings. The summed E-state index contributed by atoms with van der Waals surface area (Å²) >= 11 is 0. The molecule has 1 atom stereocenters. The van der Waals surface area contributed by atoms with Gasteiger partial charge in [-0.05, 0) is 45.1 Å². The van der Waals surface area contributed by atoms with E-state index >= 15 is 0 Å². The van der Waals surface area contributed by atoms with Crippen molar-refractivity contribution >= 4 is 6.29 Å². The Morgan fingerprint density at radius 3 is 3.00 bits per heavy atom. The first-order valence-corrected chi connectivity index (χ1v) is 4.51. The third-order valence-electron chi connectivity index (χ3n) is 2.55. The number of hydrogen-bond donors (Lipinski definition) is 0. The van der Waals surface area contributed by atoms with Crippen LogP contribution in [0.3, 0.4) is 0 Å². The molecule has 0 amide bonds. The van der Waals surface area contributed by atoms with Crippen LogP contribution in [0, 0.1) is 5.92 Å². The zero-order valence-corrected chi connectivity index (χ0v) is 7.84. The van der Waals surface area contributed by atoms with Crippen molar-refractivity contribution in [3.63, 3.8) is 0 Å². The van der Waals surface area contributed by atoms with Gasteiger partial charge in [-0.1, -0.05) is 17.2 Å². The fourth-order valence-corrected chi connectivity index (χ4v) is 1.74. The Morgan fingerprint density at radius 2 is 2.42 bits per heavy atom. The molecule has 0 bridgehead atoms. The molecular weight excluding hydrogens is 148 g/mol. The van der Waals surface area contributed by atoms with Crippen LogP contribution in [0.25, 0.3) is 0 Å². The van der Waals surface area contributed by atoms with Crippen LogP contribution in [-0.2, 0) is 4.79 Å². The van der Waals surface area contributed by atoms with Gasteiger partial charge in [-0.3, -0.25) is 4.79 Å². The predicted octanol–water partition coefficient (Wildman–Crippen LogP) is 2.88. The molecule has 66 valence electrons. The van der Waals surface area contributed by atoms with E-state index in [1.54, 1.807) is 6.08 Å². The third kappa shape index (κ3) is 2.33. The molecule has 1 unspecified atom stereocenters. The fourth-order valence-electron chi connectivity index (χ4n) is 1.74. The Balaban J connectivity index is 2.60. The van der Waals surface area contributed by atoms with Gasteiger partial charge in [-0.25, -0.2) is 0 Å². The van der Waals surface area contributed by atoms with E-state index in [-0.39, 0.29) is 0 Å². The van der Waals surface area contributed by atoms with Gasteiger partial charge in [-0.15, -0.1) is 0 Å². The number of carbonyl (C=O) groups excluding carboxylic acids is 1. The molecule has 0 heterocycles. The van der Waals surface area contributed by atoms with Crippen molar-refractivity contribution in [1.82, 2.24) is 0 Å². The van der Waals surface area contributed by atoms with Gasteiger partial charge < -0.3 is 0 Å². The molecule has 1 rings (SSSR count). The van der Waals surface area contributed by atoms with Crippen molar-refractivity contribution < 1.29 is 4.79 Å². The average Bonchev–Trinajstić information content (AvgIpc) is 2.05. The lowest BCUT2D eigenvalue weighted by molar-refractivity contribution is -0.104. The zero-order valence-electron chi connectivity index (χ0n) is 7.84. The molecular formula is C11H16O. The number of aldehydes is 1. The predicted molar refractivity (Wildman–Crippen MR) is 50.9 cm³/mol. The van der Waals surface area contributed by atoms with E-state index in [1.807, 2.05) is 0 Å². The molecule has 0 radical (unpaired) electrons. The van der Waals surface area contributed by atoms with E-state index in [1.165, 1.54) is 24.0 Å². The molecule has 1 aliphatic rings. The fraction of sp³-hybridized carbons (Fsp3) is 0.545. The highest BCUT2D eigenvalue weighted by atomic mass is 16.1. The highest BCUT2D eigenvalue weighted by Gasteiger charge is 2.14. The molecule has 0 aliphatic heterocycles. The lowest BCUT2D eigenvalue weighted by Crippen LogP contribution is -2.06. The number of allylic oxidation sites excluding steroid dienone is 4. The first kappa shape index (κ1) is 9.24. The minimum atomic E-state index is 0.611. The highest BCUT2D eigenvalue weighted by molar-refractivity contribution is 5.66. The van der Waals surface area contributed by atoms with E-state index in [0.29, 0.717) is 5.92 Å². The highest BCUT2D eigenvalue weighted by Crippen LogP contribution is 2.28. The molecule has 0 saturated carbocycles. The monoisotopic (exact) mass is 164 g/mol. The molecule has 1 nitrogen and oxygen atoms in total. The minimum absolute atomic E-state index is 0.611. The van der Waals surface area contributed by atoms with Gasteiger partial charge in [0.25, 0.3) is 0 Å². The Kier molecular flexibility index (Phi) is 3.27. The summed E-state index contributed by atoms with van der Waals surface area (Å²) in [5.74, 6) is 0.611. The summed E-state index contributed by atoms with van der Waals surface area (Å²) in [6.07, 6.45) is 8.39. The van der Waals surface area contributed by atoms with Crippen molar-refractivity contribution in [2.75, 3.05) is 0 Å². The Hall–Kier alpha value is -0.850. The second-order valence-electron chi connectivity index (χ2n) is 3.58. The van der Waals surface area contributed by atoms with Gasteiger partial charge in [0, 0.05) is 0 Å². The SMILES string of the molecule is CC1=CCCC(C(C)=CC=O)C1. The summed E-state index contributed by atoms with van der Waals surface area (Å²) < 4.78 is 0. The smallest absolute Gasteiger partial charge is 0.142 e. The molecule has 1 heteroatoms. The summed E-state index contributed by atoms with van der Waals surface area (Å²) in [5, 5.41) is 0. The van der Waals surface area contributed by atoms with Gasteiger partial charge >= 0.3 is 0 Å². The molecule has 0 aromatic carbocycles. The topological polar surface area (TPSA) is 17.1 Å². The molecule has 0 aromatic heterocycles. The number of rotatable bonds is 2. The Labute approximate surface area is 74.2 Å². The quantitative estimate of drug-likeness (QED) is 0.348. The largest absolute Gasteiger partial charge is 0.299 e. The molecule has 12 heavy (non-hydrogen) atoms. The van der Waals surface area contributed by atoms with Crippen LogP contribution in [0.4, 0.5) is 0 Å². The molecule has 0 saturated heterocycles. The van der Waals surface area contributed by atoms with Gasteiger partial charge in [-0.2, -0.15) is 0 Å². The first-order chi connectivity index (χ1) is 5.74. The van der Waals surface area contributed by atoms with Crippen LogP contribution in [0.15, 0.2) is 23.3 Å². The summed E-state index contributed by atoms with van der Waals surface area (Å²) in [7, 11) is 0. The van der Waals surface area contributed by atoms with Crippen LogP contribution in [0.2, 0.25) is 0 Å². The summed E-state index contributed by atoms with van der Waals surface area (Å²) in [6.45, 7) is 4.22. The molecule has 0 N–H and O–H groups in total. The van der Waals surface area contributed by atoms with Gasteiger partial charge in [0.15, 0.2) is 0 Å². The maximum atomic E-state index is 10.2. The van der Waals surface area contributed by atoms with Crippen LogP contribution in [0.5, 0.6) is 0 Å². The van der Waals surface area contributed by atoms with Crippen molar-refractivity contribution in [2.24, 2.45) is 5.92 Å². The lowest BCUT2D eigenvalue weighted by Gasteiger charge is -2.21. The van der Waals surface area contributed by atoms with Gasteiger partial charge in [0.05, 0.1) is 0 Å². The minimum Gasteiger partial charge on any atom is -0.299 e. The van der Waals surface area contributed by atoms with Crippen LogP contribution >= 0.6 is 0 Å². The second kappa shape index (κ2) is 4.24. The van der Waals surface area contributed by atoms with Crippen LogP contribution < -0.4 is 0 Å². The van der Waals surface area contributed by atoms with Crippen molar-refractivity contribution in [3.8, 4) is 0 Å². The third-order valence-corrected chi connectivity index (χ3v) is 2.55. The molecule has 1 aliphatic carbocycles. The van der Waals surface area contributed by atoms with Gasteiger partial charge in [0.2, 0.25) is 0 Å². The van der Waals surface area contributed by atoms with Crippen LogP contribution in [-0.4, -0.2) is 6.29 Å². The van der Waals surface area contributed by atoms with E-state index in [4.69, 9.17) is 0 Å². The van der Waals surface area contributed by atoms with E-state index < -0.39 is 0 Å². The summed E-state index contributed by atoms with van der Waals surface area (Å²) in [4.78, 5) is 10.2. The number of hydrogen-bond acceptors (Lipinski definition) is 1.